The van der Waals surface area contributed by atoms with E-state index < -0.39 is 0 Å². The second kappa shape index (κ2) is 9.24. The Morgan fingerprint density at radius 1 is 1.33 bits per heavy atom. The fraction of sp³-hybridized carbons (Fsp3) is 0.381. The number of morpholine rings is 1. The third-order valence-corrected chi connectivity index (χ3v) is 5.08. The summed E-state index contributed by atoms with van der Waals surface area (Å²) in [6, 6.07) is 15.7. The molecule has 6 heteroatoms. The molecule has 0 spiro atoms. The van der Waals surface area contributed by atoms with Crippen molar-refractivity contribution >= 4 is 22.0 Å². The van der Waals surface area contributed by atoms with Gasteiger partial charge in [0.05, 0.1) is 25.8 Å². The molecule has 3 rings (SSSR count). The van der Waals surface area contributed by atoms with E-state index in [0.29, 0.717) is 26.3 Å². The van der Waals surface area contributed by atoms with Crippen molar-refractivity contribution in [3.05, 3.63) is 64.1 Å². The minimum Gasteiger partial charge on any atom is -0.494 e. The van der Waals surface area contributed by atoms with Crippen molar-refractivity contribution in [1.82, 2.24) is 10.2 Å². The van der Waals surface area contributed by atoms with Crippen LogP contribution < -0.4 is 10.1 Å². The van der Waals surface area contributed by atoms with Crippen LogP contribution in [0.4, 0.5) is 4.79 Å². The summed E-state index contributed by atoms with van der Waals surface area (Å²) < 4.78 is 12.4. The second-order valence-electron chi connectivity index (χ2n) is 6.54. The summed E-state index contributed by atoms with van der Waals surface area (Å²) in [6.07, 6.45) is -0.112. The maximum absolute atomic E-state index is 12.8. The van der Waals surface area contributed by atoms with Gasteiger partial charge in [-0.1, -0.05) is 40.2 Å². The van der Waals surface area contributed by atoms with Gasteiger partial charge in [-0.2, -0.15) is 0 Å². The van der Waals surface area contributed by atoms with Crippen LogP contribution in [0.1, 0.15) is 37.1 Å². The Morgan fingerprint density at radius 2 is 2.15 bits per heavy atom. The Labute approximate surface area is 168 Å². The number of rotatable bonds is 5. The highest BCUT2D eigenvalue weighted by Crippen LogP contribution is 2.25. The highest BCUT2D eigenvalue weighted by atomic mass is 79.9. The number of carbonyl (C=O) groups excluding carboxylic acids is 1. The van der Waals surface area contributed by atoms with Gasteiger partial charge in [0, 0.05) is 11.0 Å². The molecule has 1 aliphatic heterocycles. The normalized spacial score (nSPS) is 18.0. The average molecular weight is 433 g/mol. The summed E-state index contributed by atoms with van der Waals surface area (Å²) in [4.78, 5) is 14.6. The van der Waals surface area contributed by atoms with Crippen LogP contribution in [0.25, 0.3) is 0 Å². The number of carbonyl (C=O) groups is 1. The van der Waals surface area contributed by atoms with E-state index in [4.69, 9.17) is 9.47 Å². The zero-order valence-corrected chi connectivity index (χ0v) is 17.2. The van der Waals surface area contributed by atoms with Crippen LogP contribution in [0.5, 0.6) is 5.75 Å². The first-order valence-corrected chi connectivity index (χ1v) is 10.0. The summed E-state index contributed by atoms with van der Waals surface area (Å²) in [5, 5.41) is 3.09. The van der Waals surface area contributed by atoms with Gasteiger partial charge in [0.2, 0.25) is 0 Å². The van der Waals surface area contributed by atoms with Crippen molar-refractivity contribution in [2.75, 3.05) is 26.3 Å². The van der Waals surface area contributed by atoms with E-state index in [2.05, 4.69) is 21.2 Å². The second-order valence-corrected chi connectivity index (χ2v) is 7.45. The molecule has 5 nitrogen and oxygen atoms in total. The largest absolute Gasteiger partial charge is 0.494 e. The van der Waals surface area contributed by atoms with E-state index in [9.17, 15) is 4.79 Å². The Bertz CT molecular complexity index is 784. The van der Waals surface area contributed by atoms with E-state index in [-0.39, 0.29) is 18.2 Å². The zero-order chi connectivity index (χ0) is 19.2. The topological polar surface area (TPSA) is 50.8 Å². The van der Waals surface area contributed by atoms with Crippen LogP contribution in [0.3, 0.4) is 0 Å². The molecule has 0 bridgehead atoms. The van der Waals surface area contributed by atoms with Crippen molar-refractivity contribution in [2.45, 2.75) is 26.0 Å². The molecule has 2 amide bonds. The lowest BCUT2D eigenvalue weighted by molar-refractivity contribution is -0.0157. The predicted molar refractivity (Wildman–Crippen MR) is 109 cm³/mol. The Morgan fingerprint density at radius 3 is 2.93 bits per heavy atom. The van der Waals surface area contributed by atoms with Crippen LogP contribution in [0, 0.1) is 0 Å². The number of halogens is 1. The number of nitrogens with zero attached hydrogens (tertiary/aromatic N) is 1. The number of nitrogens with one attached hydrogen (secondary N) is 1. The lowest BCUT2D eigenvalue weighted by Gasteiger charge is -2.34. The van der Waals surface area contributed by atoms with E-state index in [1.807, 2.05) is 67.3 Å². The Balaban J connectivity index is 1.62. The standard InChI is InChI=1S/C21H25BrN2O3/c1-3-26-19-9-5-6-16(13-19)15(2)23-21(25)24-10-11-27-20(14-24)17-7-4-8-18(22)12-17/h4-9,12-13,15,20H,3,10-11,14H2,1-2H3,(H,23,25). The van der Waals surface area contributed by atoms with Gasteiger partial charge in [0.25, 0.3) is 0 Å². The maximum Gasteiger partial charge on any atom is 0.318 e. The van der Waals surface area contributed by atoms with Crippen molar-refractivity contribution in [2.24, 2.45) is 0 Å². The minimum absolute atomic E-state index is 0.0763. The molecular formula is C21H25BrN2O3. The molecule has 0 saturated carbocycles. The molecule has 1 heterocycles. The quantitative estimate of drug-likeness (QED) is 0.744. The molecule has 144 valence electrons. The van der Waals surface area contributed by atoms with E-state index in [1.165, 1.54) is 0 Å². The molecule has 1 aliphatic rings. The minimum atomic E-state index is -0.112. The lowest BCUT2D eigenvalue weighted by Crippen LogP contribution is -2.47. The van der Waals surface area contributed by atoms with Crippen molar-refractivity contribution < 1.29 is 14.3 Å². The Hall–Kier alpha value is -2.05. The van der Waals surface area contributed by atoms with Gasteiger partial charge in [-0.3, -0.25) is 0 Å². The molecule has 2 aromatic carbocycles. The Kier molecular flexibility index (Phi) is 6.74. The molecule has 0 radical (unpaired) electrons. The van der Waals surface area contributed by atoms with E-state index in [0.717, 1.165) is 21.3 Å². The maximum atomic E-state index is 12.8. The number of benzene rings is 2. The van der Waals surface area contributed by atoms with Gasteiger partial charge >= 0.3 is 6.03 Å². The third-order valence-electron chi connectivity index (χ3n) is 4.58. The summed E-state index contributed by atoms with van der Waals surface area (Å²) >= 11 is 3.49. The van der Waals surface area contributed by atoms with Gasteiger partial charge in [-0.25, -0.2) is 4.79 Å². The fourth-order valence-electron chi connectivity index (χ4n) is 3.14. The van der Waals surface area contributed by atoms with Crippen LogP contribution >= 0.6 is 15.9 Å². The lowest BCUT2D eigenvalue weighted by atomic mass is 10.1. The molecule has 27 heavy (non-hydrogen) atoms. The van der Waals surface area contributed by atoms with Crippen LogP contribution in [-0.4, -0.2) is 37.2 Å². The van der Waals surface area contributed by atoms with Crippen molar-refractivity contribution in [3.8, 4) is 5.75 Å². The van der Waals surface area contributed by atoms with Crippen LogP contribution in [0.15, 0.2) is 53.0 Å². The molecule has 2 atom stereocenters. The first-order valence-electron chi connectivity index (χ1n) is 9.22. The highest BCUT2D eigenvalue weighted by molar-refractivity contribution is 9.10. The summed E-state index contributed by atoms with van der Waals surface area (Å²) in [6.45, 7) is 6.21. The number of urea groups is 1. The SMILES string of the molecule is CCOc1cccc(C(C)NC(=O)N2CCOC(c3cccc(Br)c3)C2)c1. The molecule has 2 aromatic rings. The highest BCUT2D eigenvalue weighted by Gasteiger charge is 2.26. The molecule has 1 N–H and O–H groups in total. The van der Waals surface area contributed by atoms with Crippen LogP contribution in [0.2, 0.25) is 0 Å². The number of hydrogen-bond donors (Lipinski definition) is 1. The molecule has 2 unspecified atom stereocenters. The summed E-state index contributed by atoms with van der Waals surface area (Å²) in [7, 11) is 0. The third kappa shape index (κ3) is 5.23. The average Bonchev–Trinajstić information content (AvgIpc) is 2.68. The summed E-state index contributed by atoms with van der Waals surface area (Å²) in [5.41, 5.74) is 2.09. The van der Waals surface area contributed by atoms with Crippen molar-refractivity contribution in [3.63, 3.8) is 0 Å². The molecule has 0 aliphatic carbocycles. The van der Waals surface area contributed by atoms with Crippen molar-refractivity contribution in [1.29, 1.82) is 0 Å². The van der Waals surface area contributed by atoms with E-state index in [1.54, 1.807) is 0 Å². The fourth-order valence-corrected chi connectivity index (χ4v) is 3.56. The van der Waals surface area contributed by atoms with Gasteiger partial charge in [-0.05, 0) is 49.2 Å². The first kappa shape index (κ1) is 19.7. The molecule has 1 saturated heterocycles. The van der Waals surface area contributed by atoms with Gasteiger partial charge in [0.15, 0.2) is 0 Å². The van der Waals surface area contributed by atoms with Gasteiger partial charge in [-0.15, -0.1) is 0 Å². The molecule has 0 aromatic heterocycles. The summed E-state index contributed by atoms with van der Waals surface area (Å²) in [5.74, 6) is 0.817. The number of ether oxygens (including phenoxy) is 2. The van der Waals surface area contributed by atoms with Gasteiger partial charge in [0.1, 0.15) is 11.9 Å². The number of hydrogen-bond acceptors (Lipinski definition) is 3. The zero-order valence-electron chi connectivity index (χ0n) is 15.7. The van der Waals surface area contributed by atoms with Gasteiger partial charge < -0.3 is 19.7 Å². The predicted octanol–water partition coefficient (Wildman–Crippen LogP) is 4.69. The number of amides is 2. The smallest absolute Gasteiger partial charge is 0.318 e. The monoisotopic (exact) mass is 432 g/mol. The first-order chi connectivity index (χ1) is 13.1. The van der Waals surface area contributed by atoms with E-state index >= 15 is 0 Å². The molecule has 1 fully saturated rings. The van der Waals surface area contributed by atoms with Crippen LogP contribution in [-0.2, 0) is 4.74 Å². The molecular weight excluding hydrogens is 408 g/mol.